The van der Waals surface area contributed by atoms with Gasteiger partial charge in [0.25, 0.3) is 0 Å². The Bertz CT molecular complexity index is 679. The molecule has 0 atom stereocenters. The Morgan fingerprint density at radius 1 is 1.23 bits per heavy atom. The number of aryl methyl sites for hydroxylation is 1. The Balaban J connectivity index is 1.77. The summed E-state index contributed by atoms with van der Waals surface area (Å²) in [6.45, 7) is 5.92. The molecule has 0 spiro atoms. The first-order chi connectivity index (χ1) is 10.5. The van der Waals surface area contributed by atoms with Gasteiger partial charge in [0, 0.05) is 29.6 Å². The van der Waals surface area contributed by atoms with Crippen molar-refractivity contribution in [1.82, 2.24) is 20.1 Å². The Morgan fingerprint density at radius 2 is 2.05 bits per heavy atom. The van der Waals surface area contributed by atoms with Crippen LogP contribution in [0, 0.1) is 0 Å². The lowest BCUT2D eigenvalue weighted by molar-refractivity contribution is 0.351. The summed E-state index contributed by atoms with van der Waals surface area (Å²) in [6.07, 6.45) is 3.41. The highest BCUT2D eigenvalue weighted by atomic mass is 35.5. The van der Waals surface area contributed by atoms with Crippen molar-refractivity contribution in [3.8, 4) is 0 Å². The zero-order valence-electron chi connectivity index (χ0n) is 12.9. The van der Waals surface area contributed by atoms with Crippen molar-refractivity contribution >= 4 is 23.2 Å². The number of nitrogens with zero attached hydrogens (tertiary/aromatic N) is 3. The highest BCUT2D eigenvalue weighted by molar-refractivity contribution is 6.35. The summed E-state index contributed by atoms with van der Waals surface area (Å²) in [5.74, 6) is 2.09. The van der Waals surface area contributed by atoms with Gasteiger partial charge in [0.1, 0.15) is 5.82 Å². The predicted molar refractivity (Wildman–Crippen MR) is 89.3 cm³/mol. The van der Waals surface area contributed by atoms with Gasteiger partial charge in [-0.15, -0.1) is 10.2 Å². The third-order valence-electron chi connectivity index (χ3n) is 4.15. The SMILES string of the molecule is CC(C)(NCc1ccc(Cl)cc1Cl)c1nnc2n1CCCC2. The molecule has 1 aliphatic rings. The molecule has 0 saturated carbocycles. The Labute approximate surface area is 140 Å². The summed E-state index contributed by atoms with van der Waals surface area (Å²) >= 11 is 12.2. The molecule has 0 amide bonds. The molecule has 3 rings (SSSR count). The maximum absolute atomic E-state index is 6.24. The van der Waals surface area contributed by atoms with Crippen LogP contribution in [0.5, 0.6) is 0 Å². The van der Waals surface area contributed by atoms with Crippen molar-refractivity contribution < 1.29 is 0 Å². The van der Waals surface area contributed by atoms with Crippen LogP contribution in [0.3, 0.4) is 0 Å². The molecule has 1 aliphatic heterocycles. The minimum Gasteiger partial charge on any atom is -0.313 e. The van der Waals surface area contributed by atoms with Crippen molar-refractivity contribution in [1.29, 1.82) is 0 Å². The van der Waals surface area contributed by atoms with Gasteiger partial charge in [-0.2, -0.15) is 0 Å². The Hall–Kier alpha value is -1.10. The molecular weight excluding hydrogens is 319 g/mol. The third-order valence-corrected chi connectivity index (χ3v) is 4.74. The second-order valence-electron chi connectivity index (χ2n) is 6.26. The average molecular weight is 339 g/mol. The molecule has 1 N–H and O–H groups in total. The van der Waals surface area contributed by atoms with Crippen molar-refractivity contribution in [2.45, 2.75) is 51.7 Å². The van der Waals surface area contributed by atoms with Crippen LogP contribution in [0.2, 0.25) is 10.0 Å². The number of nitrogens with one attached hydrogen (secondary N) is 1. The summed E-state index contributed by atoms with van der Waals surface area (Å²) in [5.41, 5.74) is 0.753. The van der Waals surface area contributed by atoms with Crippen molar-refractivity contribution in [2.24, 2.45) is 0 Å². The molecule has 118 valence electrons. The standard InChI is InChI=1S/C16H20Cl2N4/c1-16(2,15-21-20-14-5-3-4-8-22(14)15)19-10-11-6-7-12(17)9-13(11)18/h6-7,9,19H,3-5,8,10H2,1-2H3. The molecule has 1 aromatic carbocycles. The smallest absolute Gasteiger partial charge is 0.152 e. The number of benzene rings is 1. The van der Waals surface area contributed by atoms with E-state index < -0.39 is 0 Å². The second kappa shape index (κ2) is 6.19. The molecule has 0 saturated heterocycles. The van der Waals surface area contributed by atoms with Gasteiger partial charge in [0.2, 0.25) is 0 Å². The molecule has 0 radical (unpaired) electrons. The lowest BCUT2D eigenvalue weighted by atomic mass is 10.0. The summed E-state index contributed by atoms with van der Waals surface area (Å²) in [7, 11) is 0. The van der Waals surface area contributed by atoms with Crippen LogP contribution >= 0.6 is 23.2 Å². The van der Waals surface area contributed by atoms with Gasteiger partial charge in [-0.3, -0.25) is 0 Å². The van der Waals surface area contributed by atoms with Crippen molar-refractivity contribution in [3.63, 3.8) is 0 Å². The number of fused-ring (bicyclic) bond motifs is 1. The summed E-state index contributed by atoms with van der Waals surface area (Å²) < 4.78 is 2.25. The van der Waals surface area contributed by atoms with E-state index in [0.717, 1.165) is 30.2 Å². The van der Waals surface area contributed by atoms with E-state index in [1.165, 1.54) is 12.8 Å². The van der Waals surface area contributed by atoms with Gasteiger partial charge in [0.05, 0.1) is 5.54 Å². The van der Waals surface area contributed by atoms with E-state index in [2.05, 4.69) is 33.9 Å². The highest BCUT2D eigenvalue weighted by Crippen LogP contribution is 2.25. The summed E-state index contributed by atoms with van der Waals surface area (Å²) in [4.78, 5) is 0. The van der Waals surface area contributed by atoms with Crippen LogP contribution in [0.15, 0.2) is 18.2 Å². The lowest BCUT2D eigenvalue weighted by Crippen LogP contribution is -2.39. The maximum Gasteiger partial charge on any atom is 0.152 e. The minimum absolute atomic E-state index is 0.272. The minimum atomic E-state index is -0.272. The Kier molecular flexibility index (Phi) is 4.44. The van der Waals surface area contributed by atoms with Gasteiger partial charge in [-0.1, -0.05) is 29.3 Å². The van der Waals surface area contributed by atoms with Crippen LogP contribution < -0.4 is 5.32 Å². The molecular formula is C16H20Cl2N4. The maximum atomic E-state index is 6.24. The molecule has 6 heteroatoms. The number of halogens is 2. The monoisotopic (exact) mass is 338 g/mol. The molecule has 1 aromatic heterocycles. The van der Waals surface area contributed by atoms with Crippen LogP contribution in [0.1, 0.15) is 43.9 Å². The largest absolute Gasteiger partial charge is 0.313 e. The predicted octanol–water partition coefficient (Wildman–Crippen LogP) is 3.95. The van der Waals surface area contributed by atoms with Crippen LogP contribution in [0.4, 0.5) is 0 Å². The third kappa shape index (κ3) is 3.14. The van der Waals surface area contributed by atoms with Crippen molar-refractivity contribution in [3.05, 3.63) is 45.5 Å². The van der Waals surface area contributed by atoms with Crippen LogP contribution in [-0.2, 0) is 25.0 Å². The van der Waals surface area contributed by atoms with Gasteiger partial charge in [-0.25, -0.2) is 0 Å². The Morgan fingerprint density at radius 3 is 2.82 bits per heavy atom. The van der Waals surface area contributed by atoms with E-state index in [0.29, 0.717) is 16.6 Å². The topological polar surface area (TPSA) is 42.7 Å². The molecule has 22 heavy (non-hydrogen) atoms. The molecule has 0 unspecified atom stereocenters. The molecule has 0 aliphatic carbocycles. The molecule has 2 heterocycles. The number of hydrogen-bond donors (Lipinski definition) is 1. The first kappa shape index (κ1) is 15.8. The zero-order valence-corrected chi connectivity index (χ0v) is 14.4. The lowest BCUT2D eigenvalue weighted by Gasteiger charge is -2.28. The zero-order chi connectivity index (χ0) is 15.7. The number of aromatic nitrogens is 3. The van der Waals surface area contributed by atoms with E-state index in [-0.39, 0.29) is 5.54 Å². The van der Waals surface area contributed by atoms with E-state index in [1.807, 2.05) is 12.1 Å². The first-order valence-corrected chi connectivity index (χ1v) is 8.34. The van der Waals surface area contributed by atoms with E-state index >= 15 is 0 Å². The summed E-state index contributed by atoms with van der Waals surface area (Å²) in [6, 6.07) is 5.58. The fourth-order valence-corrected chi connectivity index (χ4v) is 3.31. The van der Waals surface area contributed by atoms with Gasteiger partial charge in [0.15, 0.2) is 5.82 Å². The van der Waals surface area contributed by atoms with E-state index in [1.54, 1.807) is 6.07 Å². The van der Waals surface area contributed by atoms with Crippen LogP contribution in [-0.4, -0.2) is 14.8 Å². The number of hydrogen-bond acceptors (Lipinski definition) is 3. The van der Waals surface area contributed by atoms with Gasteiger partial charge >= 0.3 is 0 Å². The van der Waals surface area contributed by atoms with E-state index in [4.69, 9.17) is 23.2 Å². The quantitative estimate of drug-likeness (QED) is 0.917. The van der Waals surface area contributed by atoms with Gasteiger partial charge in [-0.05, 0) is 44.4 Å². The highest BCUT2D eigenvalue weighted by Gasteiger charge is 2.29. The van der Waals surface area contributed by atoms with E-state index in [9.17, 15) is 0 Å². The van der Waals surface area contributed by atoms with Gasteiger partial charge < -0.3 is 9.88 Å². The normalized spacial score (nSPS) is 14.9. The van der Waals surface area contributed by atoms with Crippen molar-refractivity contribution in [2.75, 3.05) is 0 Å². The fraction of sp³-hybridized carbons (Fsp3) is 0.500. The summed E-state index contributed by atoms with van der Waals surface area (Å²) in [5, 5.41) is 13.6. The first-order valence-electron chi connectivity index (χ1n) is 7.59. The number of rotatable bonds is 4. The fourth-order valence-electron chi connectivity index (χ4n) is 2.83. The van der Waals surface area contributed by atoms with Crippen LogP contribution in [0.25, 0.3) is 0 Å². The molecule has 4 nitrogen and oxygen atoms in total. The average Bonchev–Trinajstić information content (AvgIpc) is 2.91. The molecule has 2 aromatic rings. The molecule has 0 bridgehead atoms. The molecule has 0 fully saturated rings. The second-order valence-corrected chi connectivity index (χ2v) is 7.11.